The van der Waals surface area contributed by atoms with Crippen molar-refractivity contribution >= 4 is 15.9 Å². The van der Waals surface area contributed by atoms with E-state index in [0.717, 1.165) is 11.8 Å². The van der Waals surface area contributed by atoms with E-state index in [0.29, 0.717) is 0 Å². The van der Waals surface area contributed by atoms with Gasteiger partial charge in [0.05, 0.1) is 0 Å². The van der Waals surface area contributed by atoms with Crippen molar-refractivity contribution in [3.63, 3.8) is 0 Å². The van der Waals surface area contributed by atoms with Crippen molar-refractivity contribution in [2.24, 2.45) is 0 Å². The fraction of sp³-hybridized carbons (Fsp3) is 0.429. The van der Waals surface area contributed by atoms with E-state index in [9.17, 15) is 0 Å². The van der Waals surface area contributed by atoms with Crippen LogP contribution in [-0.4, -0.2) is 5.33 Å². The lowest BCUT2D eigenvalue weighted by molar-refractivity contribution is 0.979. The highest BCUT2D eigenvalue weighted by atomic mass is 79.9. The molecule has 0 amide bonds. The van der Waals surface area contributed by atoms with Crippen LogP contribution in [0.25, 0.3) is 0 Å². The highest BCUT2D eigenvalue weighted by Crippen LogP contribution is 1.94. The topological polar surface area (TPSA) is 0 Å². The molecule has 0 heterocycles. The molecular formula is C7H11Br. The largest absolute Gasteiger partial charge is 0.0991 e. The zero-order chi connectivity index (χ0) is 6.24. The lowest BCUT2D eigenvalue weighted by Crippen LogP contribution is -1.68. The summed E-state index contributed by atoms with van der Waals surface area (Å²) in [6.45, 7) is 3.56. The van der Waals surface area contributed by atoms with Gasteiger partial charge in [-0.3, -0.25) is 0 Å². The van der Waals surface area contributed by atoms with Gasteiger partial charge in [-0.1, -0.05) is 40.7 Å². The first-order chi connectivity index (χ1) is 3.91. The molecule has 46 valence electrons. The highest BCUT2D eigenvalue weighted by molar-refractivity contribution is 9.09. The average molecular weight is 175 g/mol. The van der Waals surface area contributed by atoms with Crippen LogP contribution >= 0.6 is 15.9 Å². The lowest BCUT2D eigenvalue weighted by Gasteiger charge is -1.83. The maximum atomic E-state index is 3.56. The van der Waals surface area contributed by atoms with E-state index in [4.69, 9.17) is 0 Å². The van der Waals surface area contributed by atoms with Crippen molar-refractivity contribution in [3.8, 4) is 0 Å². The number of hydrogen-bond acceptors (Lipinski definition) is 0. The number of alkyl halides is 1. The molecule has 0 aliphatic carbocycles. The van der Waals surface area contributed by atoms with E-state index < -0.39 is 0 Å². The molecule has 0 nitrogen and oxygen atoms in total. The third kappa shape index (κ3) is 5.96. The molecule has 0 atom stereocenters. The van der Waals surface area contributed by atoms with Gasteiger partial charge in [-0.2, -0.15) is 0 Å². The summed E-state index contributed by atoms with van der Waals surface area (Å²) in [5, 5.41) is 1.09. The molecule has 1 heteroatoms. The lowest BCUT2D eigenvalue weighted by atomic mass is 10.3. The van der Waals surface area contributed by atoms with E-state index >= 15 is 0 Å². The van der Waals surface area contributed by atoms with Crippen molar-refractivity contribution in [2.45, 2.75) is 12.8 Å². The standard InChI is InChI=1S/C7H11Br/c1-2-3-4-5-6-7-8/h2-4H,1,5-7H2/b4-3-. The molecule has 8 heavy (non-hydrogen) atoms. The first kappa shape index (κ1) is 7.96. The van der Waals surface area contributed by atoms with Gasteiger partial charge in [-0.05, 0) is 12.8 Å². The minimum Gasteiger partial charge on any atom is -0.0991 e. The molecule has 0 saturated carbocycles. The van der Waals surface area contributed by atoms with Gasteiger partial charge in [0.25, 0.3) is 0 Å². The predicted molar refractivity (Wildman–Crippen MR) is 42.4 cm³/mol. The first-order valence-electron chi connectivity index (χ1n) is 2.75. The molecule has 0 aliphatic rings. The molecule has 0 saturated heterocycles. The molecule has 0 aromatic rings. The Morgan fingerprint density at radius 1 is 1.50 bits per heavy atom. The Morgan fingerprint density at radius 2 is 2.25 bits per heavy atom. The molecule has 0 aromatic heterocycles. The molecule has 0 spiro atoms. The Bertz CT molecular complexity index is 74.5. The minimum absolute atomic E-state index is 1.09. The van der Waals surface area contributed by atoms with E-state index in [1.165, 1.54) is 6.42 Å². The molecule has 0 unspecified atom stereocenters. The number of allylic oxidation sites excluding steroid dienone is 3. The van der Waals surface area contributed by atoms with Gasteiger partial charge in [0.1, 0.15) is 0 Å². The van der Waals surface area contributed by atoms with E-state index in [1.807, 2.05) is 6.08 Å². The fourth-order valence-electron chi connectivity index (χ4n) is 0.387. The SMILES string of the molecule is C=C/C=C\CCCBr. The van der Waals surface area contributed by atoms with Crippen LogP contribution in [0.5, 0.6) is 0 Å². The van der Waals surface area contributed by atoms with Crippen LogP contribution in [0.2, 0.25) is 0 Å². The predicted octanol–water partition coefficient (Wildman–Crippen LogP) is 2.90. The van der Waals surface area contributed by atoms with Gasteiger partial charge < -0.3 is 0 Å². The second kappa shape index (κ2) is 6.96. The second-order valence-electron chi connectivity index (χ2n) is 1.50. The van der Waals surface area contributed by atoms with Crippen molar-refractivity contribution in [2.75, 3.05) is 5.33 Å². The third-order valence-corrected chi connectivity index (χ3v) is 1.34. The normalized spacial score (nSPS) is 10.1. The van der Waals surface area contributed by atoms with Crippen LogP contribution in [0.1, 0.15) is 12.8 Å². The summed E-state index contributed by atoms with van der Waals surface area (Å²) >= 11 is 3.34. The smallest absolute Gasteiger partial charge is 0.00342 e. The Balaban J connectivity index is 2.91. The van der Waals surface area contributed by atoms with E-state index in [-0.39, 0.29) is 0 Å². The van der Waals surface area contributed by atoms with Crippen LogP contribution in [0, 0.1) is 0 Å². The summed E-state index contributed by atoms with van der Waals surface area (Å²) < 4.78 is 0. The summed E-state index contributed by atoms with van der Waals surface area (Å²) in [5.41, 5.74) is 0. The number of halogens is 1. The molecule has 0 aromatic carbocycles. The summed E-state index contributed by atoms with van der Waals surface area (Å²) in [5.74, 6) is 0. The Hall–Kier alpha value is -0.0400. The summed E-state index contributed by atoms with van der Waals surface area (Å²) in [6.07, 6.45) is 8.26. The molecule has 0 N–H and O–H groups in total. The van der Waals surface area contributed by atoms with Crippen molar-refractivity contribution < 1.29 is 0 Å². The van der Waals surface area contributed by atoms with Crippen LogP contribution in [0.3, 0.4) is 0 Å². The van der Waals surface area contributed by atoms with Crippen LogP contribution in [0.4, 0.5) is 0 Å². The van der Waals surface area contributed by atoms with Crippen molar-refractivity contribution in [3.05, 3.63) is 24.8 Å². The van der Waals surface area contributed by atoms with E-state index in [2.05, 4.69) is 28.6 Å². The molecular weight excluding hydrogens is 164 g/mol. The Labute approximate surface area is 59.4 Å². The zero-order valence-electron chi connectivity index (χ0n) is 4.94. The molecule has 0 aliphatic heterocycles. The van der Waals surface area contributed by atoms with Gasteiger partial charge in [-0.25, -0.2) is 0 Å². The van der Waals surface area contributed by atoms with Gasteiger partial charge in [-0.15, -0.1) is 0 Å². The monoisotopic (exact) mass is 174 g/mol. The highest BCUT2D eigenvalue weighted by Gasteiger charge is 1.75. The Morgan fingerprint density at radius 3 is 2.75 bits per heavy atom. The first-order valence-corrected chi connectivity index (χ1v) is 3.87. The summed E-state index contributed by atoms with van der Waals surface area (Å²) in [6, 6.07) is 0. The van der Waals surface area contributed by atoms with Gasteiger partial charge in [0, 0.05) is 5.33 Å². The van der Waals surface area contributed by atoms with Crippen molar-refractivity contribution in [1.29, 1.82) is 0 Å². The number of hydrogen-bond donors (Lipinski definition) is 0. The molecule has 0 radical (unpaired) electrons. The van der Waals surface area contributed by atoms with Gasteiger partial charge in [0.15, 0.2) is 0 Å². The van der Waals surface area contributed by atoms with Crippen LogP contribution in [-0.2, 0) is 0 Å². The number of rotatable bonds is 4. The second-order valence-corrected chi connectivity index (χ2v) is 2.29. The average Bonchev–Trinajstić information content (AvgIpc) is 1.81. The van der Waals surface area contributed by atoms with Crippen LogP contribution < -0.4 is 0 Å². The van der Waals surface area contributed by atoms with Gasteiger partial charge in [0.2, 0.25) is 0 Å². The van der Waals surface area contributed by atoms with Crippen molar-refractivity contribution in [1.82, 2.24) is 0 Å². The fourth-order valence-corrected chi connectivity index (χ4v) is 0.711. The van der Waals surface area contributed by atoms with Crippen LogP contribution in [0.15, 0.2) is 24.8 Å². The third-order valence-electron chi connectivity index (χ3n) is 0.777. The maximum Gasteiger partial charge on any atom is 0.00342 e. The minimum atomic E-state index is 1.09. The Kier molecular flexibility index (Phi) is 6.93. The zero-order valence-corrected chi connectivity index (χ0v) is 6.52. The number of unbranched alkanes of at least 4 members (excludes halogenated alkanes) is 1. The van der Waals surface area contributed by atoms with E-state index in [1.54, 1.807) is 6.08 Å². The summed E-state index contributed by atoms with van der Waals surface area (Å²) in [7, 11) is 0. The quantitative estimate of drug-likeness (QED) is 0.350. The molecule has 0 fully saturated rings. The van der Waals surface area contributed by atoms with Gasteiger partial charge >= 0.3 is 0 Å². The molecule has 0 bridgehead atoms. The molecule has 0 rings (SSSR count). The summed E-state index contributed by atoms with van der Waals surface area (Å²) in [4.78, 5) is 0. The maximum absolute atomic E-state index is 3.56.